The topological polar surface area (TPSA) is 41.5 Å². The van der Waals surface area contributed by atoms with Crippen LogP contribution in [0.2, 0.25) is 0 Å². The first-order valence-corrected chi connectivity index (χ1v) is 6.63. The number of nitrogens with one attached hydrogen (secondary N) is 1. The lowest BCUT2D eigenvalue weighted by atomic mass is 9.95. The molecule has 1 heterocycles. The summed E-state index contributed by atoms with van der Waals surface area (Å²) in [6.45, 7) is 8.29. The minimum absolute atomic E-state index is 0.0562. The maximum Gasteiger partial charge on any atom is 0.124 e. The van der Waals surface area contributed by atoms with E-state index >= 15 is 0 Å². The van der Waals surface area contributed by atoms with Crippen LogP contribution in [-0.4, -0.2) is 24.8 Å². The van der Waals surface area contributed by atoms with Gasteiger partial charge in [-0.1, -0.05) is 15.9 Å². The van der Waals surface area contributed by atoms with Gasteiger partial charge in [-0.15, -0.1) is 0 Å². The molecule has 1 aromatic carbocycles. The van der Waals surface area contributed by atoms with Gasteiger partial charge in [0.25, 0.3) is 0 Å². The largest absolute Gasteiger partial charge is 0.507 e. The fourth-order valence-electron chi connectivity index (χ4n) is 2.27. The van der Waals surface area contributed by atoms with Gasteiger partial charge in [0.1, 0.15) is 5.75 Å². The van der Waals surface area contributed by atoms with Crippen molar-refractivity contribution >= 4 is 15.9 Å². The molecule has 1 fully saturated rings. The van der Waals surface area contributed by atoms with E-state index in [2.05, 4.69) is 21.2 Å². The number of benzene rings is 1. The Balaban J connectivity index is 2.52. The lowest BCUT2D eigenvalue weighted by Gasteiger charge is -2.27. The third kappa shape index (κ3) is 2.21. The maximum atomic E-state index is 10.3. The van der Waals surface area contributed by atoms with Crippen LogP contribution in [0.1, 0.15) is 28.4 Å². The van der Waals surface area contributed by atoms with E-state index in [4.69, 9.17) is 4.74 Å². The molecule has 1 aliphatic rings. The summed E-state index contributed by atoms with van der Waals surface area (Å²) in [5, 5.41) is 13.6. The summed E-state index contributed by atoms with van der Waals surface area (Å²) in [5.74, 6) is 0.372. The van der Waals surface area contributed by atoms with Crippen molar-refractivity contribution in [2.24, 2.45) is 0 Å². The summed E-state index contributed by atoms with van der Waals surface area (Å²) < 4.78 is 6.80. The van der Waals surface area contributed by atoms with Crippen molar-refractivity contribution in [3.05, 3.63) is 26.7 Å². The molecule has 3 nitrogen and oxygen atoms in total. The molecule has 0 aliphatic carbocycles. The van der Waals surface area contributed by atoms with Crippen LogP contribution in [-0.2, 0) is 4.74 Å². The summed E-state index contributed by atoms with van der Waals surface area (Å²) >= 11 is 3.59. The Morgan fingerprint density at radius 1 is 1.24 bits per heavy atom. The fourth-order valence-corrected chi connectivity index (χ4v) is 2.78. The number of aromatic hydroxyl groups is 1. The van der Waals surface area contributed by atoms with Gasteiger partial charge >= 0.3 is 0 Å². The SMILES string of the molecule is Cc1c(C)c(Br)c(C)c(C2CNCCO2)c1O. The van der Waals surface area contributed by atoms with Crippen LogP contribution in [0.3, 0.4) is 0 Å². The molecule has 1 aromatic rings. The predicted octanol–water partition coefficient (Wildman–Crippen LogP) is 2.74. The van der Waals surface area contributed by atoms with E-state index in [0.29, 0.717) is 12.4 Å². The average molecular weight is 300 g/mol. The van der Waals surface area contributed by atoms with Crippen molar-refractivity contribution in [2.45, 2.75) is 26.9 Å². The first kappa shape index (κ1) is 12.9. The predicted molar refractivity (Wildman–Crippen MR) is 71.6 cm³/mol. The van der Waals surface area contributed by atoms with E-state index in [-0.39, 0.29) is 6.10 Å². The first-order valence-electron chi connectivity index (χ1n) is 5.84. The standard InChI is InChI=1S/C13H18BrNO2/c1-7-8(2)13(16)11(9(3)12(7)14)10-6-15-4-5-17-10/h10,15-16H,4-6H2,1-3H3. The average Bonchev–Trinajstić information content (AvgIpc) is 2.36. The molecule has 2 N–H and O–H groups in total. The number of phenols is 1. The van der Waals surface area contributed by atoms with Gasteiger partial charge < -0.3 is 15.2 Å². The Morgan fingerprint density at radius 3 is 2.53 bits per heavy atom. The van der Waals surface area contributed by atoms with Crippen LogP contribution in [0.4, 0.5) is 0 Å². The number of rotatable bonds is 1. The molecule has 0 saturated carbocycles. The highest BCUT2D eigenvalue weighted by Crippen LogP contribution is 2.39. The summed E-state index contributed by atoms with van der Waals surface area (Å²) in [7, 11) is 0. The number of morpholine rings is 1. The number of ether oxygens (including phenoxy) is 1. The van der Waals surface area contributed by atoms with E-state index in [1.165, 1.54) is 0 Å². The second-order valence-electron chi connectivity index (χ2n) is 4.51. The van der Waals surface area contributed by atoms with Crippen LogP contribution in [0.5, 0.6) is 5.75 Å². The van der Waals surface area contributed by atoms with Gasteiger partial charge in [-0.25, -0.2) is 0 Å². The number of halogens is 1. The minimum Gasteiger partial charge on any atom is -0.507 e. The monoisotopic (exact) mass is 299 g/mol. The van der Waals surface area contributed by atoms with Gasteiger partial charge in [-0.2, -0.15) is 0 Å². The molecule has 0 amide bonds. The number of hydrogen-bond acceptors (Lipinski definition) is 3. The quantitative estimate of drug-likeness (QED) is 0.838. The molecular weight excluding hydrogens is 282 g/mol. The summed E-state index contributed by atoms with van der Waals surface area (Å²) in [5.41, 5.74) is 3.99. The molecule has 0 aromatic heterocycles. The molecule has 1 aliphatic heterocycles. The molecule has 1 atom stereocenters. The van der Waals surface area contributed by atoms with Gasteiger partial charge in [0.05, 0.1) is 12.7 Å². The van der Waals surface area contributed by atoms with E-state index in [1.807, 2.05) is 20.8 Å². The molecule has 0 spiro atoms. The van der Waals surface area contributed by atoms with Gasteiger partial charge in [0.2, 0.25) is 0 Å². The zero-order chi connectivity index (χ0) is 12.6. The van der Waals surface area contributed by atoms with Crippen LogP contribution >= 0.6 is 15.9 Å². The Hall–Kier alpha value is -0.580. The van der Waals surface area contributed by atoms with Crippen LogP contribution in [0, 0.1) is 20.8 Å². The first-order chi connectivity index (χ1) is 8.04. The highest BCUT2D eigenvalue weighted by molar-refractivity contribution is 9.10. The molecule has 4 heteroatoms. The van der Waals surface area contributed by atoms with Gasteiger partial charge in [-0.3, -0.25) is 0 Å². The Bertz CT molecular complexity index is 411. The molecule has 1 saturated heterocycles. The second-order valence-corrected chi connectivity index (χ2v) is 5.31. The summed E-state index contributed by atoms with van der Waals surface area (Å²) in [4.78, 5) is 0. The molecular formula is C13H18BrNO2. The van der Waals surface area contributed by atoms with Crippen molar-refractivity contribution in [3.63, 3.8) is 0 Å². The van der Waals surface area contributed by atoms with Crippen molar-refractivity contribution in [1.82, 2.24) is 5.32 Å². The molecule has 17 heavy (non-hydrogen) atoms. The lowest BCUT2D eigenvalue weighted by Crippen LogP contribution is -2.33. The second kappa shape index (κ2) is 4.96. The zero-order valence-electron chi connectivity index (χ0n) is 10.4. The third-order valence-electron chi connectivity index (χ3n) is 3.48. The fraction of sp³-hybridized carbons (Fsp3) is 0.538. The van der Waals surface area contributed by atoms with E-state index in [1.54, 1.807) is 0 Å². The van der Waals surface area contributed by atoms with Crippen molar-refractivity contribution in [1.29, 1.82) is 0 Å². The van der Waals surface area contributed by atoms with E-state index < -0.39 is 0 Å². The van der Waals surface area contributed by atoms with Gasteiger partial charge in [-0.05, 0) is 37.5 Å². The van der Waals surface area contributed by atoms with Gasteiger partial charge in [0.15, 0.2) is 0 Å². The van der Waals surface area contributed by atoms with Crippen molar-refractivity contribution in [3.8, 4) is 5.75 Å². The zero-order valence-corrected chi connectivity index (χ0v) is 12.0. The maximum absolute atomic E-state index is 10.3. The Labute approximate surface area is 110 Å². The molecule has 0 radical (unpaired) electrons. The smallest absolute Gasteiger partial charge is 0.124 e. The van der Waals surface area contributed by atoms with Crippen LogP contribution < -0.4 is 5.32 Å². The van der Waals surface area contributed by atoms with Crippen molar-refractivity contribution in [2.75, 3.05) is 19.7 Å². The van der Waals surface area contributed by atoms with Crippen LogP contribution in [0.15, 0.2) is 4.47 Å². The molecule has 0 bridgehead atoms. The molecule has 1 unspecified atom stereocenters. The number of hydrogen-bond donors (Lipinski definition) is 2. The van der Waals surface area contributed by atoms with E-state index in [0.717, 1.165) is 39.8 Å². The number of phenolic OH excluding ortho intramolecular Hbond substituents is 1. The van der Waals surface area contributed by atoms with Crippen molar-refractivity contribution < 1.29 is 9.84 Å². The Kier molecular flexibility index (Phi) is 3.76. The minimum atomic E-state index is -0.0562. The van der Waals surface area contributed by atoms with Gasteiger partial charge in [0, 0.05) is 23.1 Å². The van der Waals surface area contributed by atoms with E-state index in [9.17, 15) is 5.11 Å². The lowest BCUT2D eigenvalue weighted by molar-refractivity contribution is 0.0258. The molecule has 94 valence electrons. The summed E-state index contributed by atoms with van der Waals surface area (Å²) in [6.07, 6.45) is -0.0562. The highest BCUT2D eigenvalue weighted by Gasteiger charge is 2.24. The third-order valence-corrected chi connectivity index (χ3v) is 4.67. The summed E-state index contributed by atoms with van der Waals surface area (Å²) in [6, 6.07) is 0. The highest BCUT2D eigenvalue weighted by atomic mass is 79.9. The van der Waals surface area contributed by atoms with Crippen LogP contribution in [0.25, 0.3) is 0 Å². The normalized spacial score (nSPS) is 20.6. The Morgan fingerprint density at radius 2 is 1.94 bits per heavy atom. The molecule has 2 rings (SSSR count).